The molecule has 1 saturated heterocycles. The summed E-state index contributed by atoms with van der Waals surface area (Å²) in [5, 5.41) is 9.74. The smallest absolute Gasteiger partial charge is 0.104 e. The average molecular weight is 222 g/mol. The van der Waals surface area contributed by atoms with Crippen molar-refractivity contribution < 1.29 is 14.3 Å². The fourth-order valence-electron chi connectivity index (χ4n) is 2.92. The molecule has 0 aromatic carbocycles. The lowest BCUT2D eigenvalue weighted by atomic mass is 9.76. The van der Waals surface area contributed by atoms with Gasteiger partial charge in [0.25, 0.3) is 0 Å². The number of furan rings is 1. The second-order valence-corrected chi connectivity index (χ2v) is 5.16. The van der Waals surface area contributed by atoms with Gasteiger partial charge in [0.2, 0.25) is 0 Å². The van der Waals surface area contributed by atoms with Crippen LogP contribution in [0.4, 0.5) is 0 Å². The summed E-state index contributed by atoms with van der Waals surface area (Å²) < 4.78 is 11.2. The first kappa shape index (κ1) is 10.4. The van der Waals surface area contributed by atoms with Crippen LogP contribution in [0.2, 0.25) is 0 Å². The third kappa shape index (κ3) is 1.68. The Morgan fingerprint density at radius 2 is 2.31 bits per heavy atom. The number of hydrogen-bond donors (Lipinski definition) is 1. The topological polar surface area (TPSA) is 42.6 Å². The molecule has 1 aliphatic carbocycles. The van der Waals surface area contributed by atoms with Crippen molar-refractivity contribution in [3.8, 4) is 0 Å². The van der Waals surface area contributed by atoms with Crippen molar-refractivity contribution in [3.63, 3.8) is 0 Å². The summed E-state index contributed by atoms with van der Waals surface area (Å²) in [6, 6.07) is 3.89. The standard InChI is InChI=1S/C13H18O3/c14-9-13(8-11-2-1-6-15-11)5-7-16-12(13)10-3-4-10/h1-2,6,10,12,14H,3-5,7-9H2. The largest absolute Gasteiger partial charge is 0.469 e. The van der Waals surface area contributed by atoms with Gasteiger partial charge in [-0.25, -0.2) is 0 Å². The number of ether oxygens (including phenoxy) is 1. The molecule has 1 saturated carbocycles. The van der Waals surface area contributed by atoms with E-state index >= 15 is 0 Å². The second kappa shape index (κ2) is 3.90. The van der Waals surface area contributed by atoms with Crippen LogP contribution >= 0.6 is 0 Å². The molecule has 1 aromatic rings. The Kier molecular flexibility index (Phi) is 2.52. The zero-order chi connectivity index (χ0) is 11.0. The molecule has 16 heavy (non-hydrogen) atoms. The van der Waals surface area contributed by atoms with E-state index in [0.717, 1.165) is 25.2 Å². The molecule has 3 nitrogen and oxygen atoms in total. The first-order chi connectivity index (χ1) is 7.84. The van der Waals surface area contributed by atoms with Gasteiger partial charge >= 0.3 is 0 Å². The summed E-state index contributed by atoms with van der Waals surface area (Å²) in [4.78, 5) is 0. The van der Waals surface area contributed by atoms with Crippen molar-refractivity contribution >= 4 is 0 Å². The average Bonchev–Trinajstić information content (AvgIpc) is 2.86. The van der Waals surface area contributed by atoms with Crippen LogP contribution in [0.25, 0.3) is 0 Å². The molecule has 88 valence electrons. The third-order valence-electron chi connectivity index (χ3n) is 3.97. The number of aliphatic hydroxyl groups is 1. The predicted octanol–water partition coefficient (Wildman–Crippen LogP) is 2.00. The second-order valence-electron chi connectivity index (χ2n) is 5.16. The van der Waals surface area contributed by atoms with Gasteiger partial charge in [-0.3, -0.25) is 0 Å². The summed E-state index contributed by atoms with van der Waals surface area (Å²) in [5.74, 6) is 1.63. The maximum Gasteiger partial charge on any atom is 0.104 e. The molecule has 3 heteroatoms. The summed E-state index contributed by atoms with van der Waals surface area (Å²) in [6.07, 6.45) is 6.20. The molecule has 2 unspecified atom stereocenters. The van der Waals surface area contributed by atoms with Crippen molar-refractivity contribution in [3.05, 3.63) is 24.2 Å². The minimum absolute atomic E-state index is 0.0982. The molecule has 2 heterocycles. The van der Waals surface area contributed by atoms with E-state index in [1.807, 2.05) is 12.1 Å². The first-order valence-electron chi connectivity index (χ1n) is 6.09. The van der Waals surface area contributed by atoms with Gasteiger partial charge in [-0.15, -0.1) is 0 Å². The maximum atomic E-state index is 9.74. The van der Waals surface area contributed by atoms with Crippen molar-refractivity contribution in [1.29, 1.82) is 0 Å². The molecule has 2 aliphatic rings. The third-order valence-corrected chi connectivity index (χ3v) is 3.97. The highest BCUT2D eigenvalue weighted by Gasteiger charge is 2.50. The summed E-state index contributed by atoms with van der Waals surface area (Å²) >= 11 is 0. The van der Waals surface area contributed by atoms with E-state index in [-0.39, 0.29) is 18.1 Å². The Labute approximate surface area is 95.4 Å². The lowest BCUT2D eigenvalue weighted by molar-refractivity contribution is -0.00187. The highest BCUT2D eigenvalue weighted by atomic mass is 16.5. The summed E-state index contributed by atoms with van der Waals surface area (Å²) in [5.41, 5.74) is -0.0982. The van der Waals surface area contributed by atoms with Crippen LogP contribution in [0, 0.1) is 11.3 Å². The monoisotopic (exact) mass is 222 g/mol. The molecule has 3 rings (SSSR count). The van der Waals surface area contributed by atoms with E-state index < -0.39 is 0 Å². The minimum Gasteiger partial charge on any atom is -0.469 e. The van der Waals surface area contributed by atoms with Gasteiger partial charge in [-0.05, 0) is 37.3 Å². The Balaban J connectivity index is 1.80. The molecular formula is C13H18O3. The van der Waals surface area contributed by atoms with Crippen LogP contribution in [0.5, 0.6) is 0 Å². The Bertz CT molecular complexity index is 342. The molecular weight excluding hydrogens is 204 g/mol. The SMILES string of the molecule is OCC1(Cc2ccco2)CCOC1C1CC1. The minimum atomic E-state index is -0.0982. The van der Waals surface area contributed by atoms with Gasteiger partial charge in [-0.1, -0.05) is 0 Å². The van der Waals surface area contributed by atoms with Crippen LogP contribution in [0.3, 0.4) is 0 Å². The molecule has 1 aliphatic heterocycles. The van der Waals surface area contributed by atoms with Gasteiger partial charge in [0.15, 0.2) is 0 Å². The zero-order valence-electron chi connectivity index (χ0n) is 9.39. The number of aliphatic hydroxyl groups excluding tert-OH is 1. The van der Waals surface area contributed by atoms with Crippen molar-refractivity contribution in [2.24, 2.45) is 11.3 Å². The molecule has 1 N–H and O–H groups in total. The Morgan fingerprint density at radius 3 is 2.94 bits per heavy atom. The van der Waals surface area contributed by atoms with E-state index in [4.69, 9.17) is 9.15 Å². The highest BCUT2D eigenvalue weighted by Crippen LogP contribution is 2.49. The zero-order valence-corrected chi connectivity index (χ0v) is 9.39. The molecule has 1 aromatic heterocycles. The van der Waals surface area contributed by atoms with Crippen LogP contribution < -0.4 is 0 Å². The maximum absolute atomic E-state index is 9.74. The fraction of sp³-hybridized carbons (Fsp3) is 0.692. The quantitative estimate of drug-likeness (QED) is 0.847. The molecule has 0 spiro atoms. The van der Waals surface area contributed by atoms with Crippen LogP contribution in [-0.2, 0) is 11.2 Å². The van der Waals surface area contributed by atoms with E-state index in [2.05, 4.69) is 0 Å². The van der Waals surface area contributed by atoms with Crippen molar-refractivity contribution in [2.45, 2.75) is 31.8 Å². The van der Waals surface area contributed by atoms with Crippen molar-refractivity contribution in [2.75, 3.05) is 13.2 Å². The predicted molar refractivity (Wildman–Crippen MR) is 59.0 cm³/mol. The van der Waals surface area contributed by atoms with Crippen LogP contribution in [0.1, 0.15) is 25.0 Å². The van der Waals surface area contributed by atoms with E-state index in [9.17, 15) is 5.11 Å². The van der Waals surface area contributed by atoms with Crippen LogP contribution in [0.15, 0.2) is 22.8 Å². The molecule has 2 fully saturated rings. The fourth-order valence-corrected chi connectivity index (χ4v) is 2.92. The first-order valence-corrected chi connectivity index (χ1v) is 6.09. The molecule has 0 amide bonds. The lowest BCUT2D eigenvalue weighted by Gasteiger charge is -2.31. The van der Waals surface area contributed by atoms with E-state index in [1.54, 1.807) is 6.26 Å². The Hall–Kier alpha value is -0.800. The normalized spacial score (nSPS) is 34.4. The van der Waals surface area contributed by atoms with Gasteiger partial charge in [0.1, 0.15) is 5.76 Å². The number of rotatable bonds is 4. The van der Waals surface area contributed by atoms with Gasteiger partial charge < -0.3 is 14.3 Å². The molecule has 0 bridgehead atoms. The van der Waals surface area contributed by atoms with Gasteiger partial charge in [0, 0.05) is 18.4 Å². The van der Waals surface area contributed by atoms with Gasteiger partial charge in [-0.2, -0.15) is 0 Å². The molecule has 2 atom stereocenters. The number of hydrogen-bond acceptors (Lipinski definition) is 3. The van der Waals surface area contributed by atoms with E-state index in [1.165, 1.54) is 12.8 Å². The lowest BCUT2D eigenvalue weighted by Crippen LogP contribution is -2.38. The van der Waals surface area contributed by atoms with E-state index in [0.29, 0.717) is 5.92 Å². The molecule has 0 radical (unpaired) electrons. The summed E-state index contributed by atoms with van der Waals surface area (Å²) in [7, 11) is 0. The van der Waals surface area contributed by atoms with Crippen LogP contribution in [-0.4, -0.2) is 24.4 Å². The Morgan fingerprint density at radius 1 is 1.44 bits per heavy atom. The highest BCUT2D eigenvalue weighted by molar-refractivity contribution is 5.08. The summed E-state index contributed by atoms with van der Waals surface area (Å²) in [6.45, 7) is 0.983. The van der Waals surface area contributed by atoms with Gasteiger partial charge in [0.05, 0.1) is 19.0 Å². The van der Waals surface area contributed by atoms with Crippen molar-refractivity contribution in [1.82, 2.24) is 0 Å².